The Morgan fingerprint density at radius 3 is 2.48 bits per heavy atom. The third kappa shape index (κ3) is 4.80. The van der Waals surface area contributed by atoms with E-state index in [-0.39, 0.29) is 6.04 Å². The van der Waals surface area contributed by atoms with Gasteiger partial charge in [0.05, 0.1) is 0 Å². The van der Waals surface area contributed by atoms with Crippen LogP contribution in [0, 0.1) is 11.6 Å². The van der Waals surface area contributed by atoms with E-state index in [1.165, 1.54) is 12.1 Å². The highest BCUT2D eigenvalue weighted by Gasteiger charge is 2.15. The van der Waals surface area contributed by atoms with Gasteiger partial charge in [-0.3, -0.25) is 0 Å². The van der Waals surface area contributed by atoms with Crippen molar-refractivity contribution in [1.82, 2.24) is 5.32 Å². The van der Waals surface area contributed by atoms with Crippen molar-refractivity contribution in [3.63, 3.8) is 0 Å². The molecule has 1 atom stereocenters. The summed E-state index contributed by atoms with van der Waals surface area (Å²) in [4.78, 5) is 1.11. The van der Waals surface area contributed by atoms with Crippen LogP contribution in [0.1, 0.15) is 18.5 Å². The molecule has 0 heterocycles. The summed E-state index contributed by atoms with van der Waals surface area (Å²) < 4.78 is 27.9. The highest BCUT2D eigenvalue weighted by Crippen LogP contribution is 2.27. The summed E-state index contributed by atoms with van der Waals surface area (Å²) in [5.74, 6) is -0.373. The van der Waals surface area contributed by atoms with Crippen LogP contribution in [0.4, 0.5) is 8.78 Å². The minimum atomic E-state index is -0.549. The van der Waals surface area contributed by atoms with Crippen LogP contribution < -0.4 is 5.32 Å². The molecule has 0 amide bonds. The predicted molar refractivity (Wildman–Crippen MR) is 87.6 cm³/mol. The number of halogens is 3. The van der Waals surface area contributed by atoms with E-state index in [0.717, 1.165) is 22.0 Å². The summed E-state index contributed by atoms with van der Waals surface area (Å²) in [5, 5.41) is 3.25. The zero-order valence-electron chi connectivity index (χ0n) is 11.6. The molecule has 0 saturated heterocycles. The fourth-order valence-corrected chi connectivity index (χ4v) is 3.25. The number of hydrogen-bond acceptors (Lipinski definition) is 2. The van der Waals surface area contributed by atoms with Crippen molar-refractivity contribution < 1.29 is 8.78 Å². The van der Waals surface area contributed by atoms with E-state index < -0.39 is 11.6 Å². The Balaban J connectivity index is 2.09. The number of nitrogens with one attached hydrogen (secondary N) is 1. The Kier molecular flexibility index (Phi) is 6.21. The average Bonchev–Trinajstić information content (AvgIpc) is 2.46. The van der Waals surface area contributed by atoms with E-state index in [9.17, 15) is 8.78 Å². The van der Waals surface area contributed by atoms with Gasteiger partial charge in [-0.05, 0) is 36.9 Å². The van der Waals surface area contributed by atoms with E-state index in [0.29, 0.717) is 11.3 Å². The second kappa shape index (κ2) is 7.92. The molecule has 0 aliphatic carbocycles. The molecule has 2 aromatic rings. The van der Waals surface area contributed by atoms with Gasteiger partial charge in [0.1, 0.15) is 11.6 Å². The van der Waals surface area contributed by atoms with Gasteiger partial charge in [-0.15, -0.1) is 11.8 Å². The largest absolute Gasteiger partial charge is 0.309 e. The van der Waals surface area contributed by atoms with Crippen LogP contribution in [-0.2, 0) is 0 Å². The summed E-state index contributed by atoms with van der Waals surface area (Å²) in [6.07, 6.45) is 0. The highest BCUT2D eigenvalue weighted by molar-refractivity contribution is 9.10. The summed E-state index contributed by atoms with van der Waals surface area (Å²) in [6, 6.07) is 11.6. The van der Waals surface area contributed by atoms with E-state index in [2.05, 4.69) is 21.2 Å². The maximum Gasteiger partial charge on any atom is 0.130 e. The van der Waals surface area contributed by atoms with Crippen LogP contribution in [0.3, 0.4) is 0 Å². The molecule has 1 N–H and O–H groups in total. The lowest BCUT2D eigenvalue weighted by atomic mass is 10.1. The molecule has 1 nitrogen and oxygen atoms in total. The Bertz CT molecular complexity index is 589. The molecule has 2 aromatic carbocycles. The van der Waals surface area contributed by atoms with Crippen LogP contribution in [-0.4, -0.2) is 12.3 Å². The minimum absolute atomic E-state index is 0.149. The molecular weight excluding hydrogens is 356 g/mol. The fourth-order valence-electron chi connectivity index (χ4n) is 2.00. The smallest absolute Gasteiger partial charge is 0.130 e. The lowest BCUT2D eigenvalue weighted by Gasteiger charge is -2.18. The van der Waals surface area contributed by atoms with Crippen molar-refractivity contribution in [2.24, 2.45) is 0 Å². The summed E-state index contributed by atoms with van der Waals surface area (Å²) >= 11 is 5.04. The summed E-state index contributed by atoms with van der Waals surface area (Å²) in [7, 11) is 0. The molecule has 0 aliphatic rings. The van der Waals surface area contributed by atoms with E-state index in [1.54, 1.807) is 11.8 Å². The lowest BCUT2D eigenvalue weighted by Crippen LogP contribution is -2.24. The first kappa shape index (κ1) is 16.5. The monoisotopic (exact) mass is 371 g/mol. The molecule has 0 aliphatic heterocycles. The molecule has 0 spiro atoms. The molecule has 0 saturated carbocycles. The van der Waals surface area contributed by atoms with Crippen molar-refractivity contribution in [3.8, 4) is 0 Å². The zero-order chi connectivity index (χ0) is 15.2. The van der Waals surface area contributed by atoms with Gasteiger partial charge in [0.2, 0.25) is 0 Å². The van der Waals surface area contributed by atoms with Crippen molar-refractivity contribution in [2.75, 3.05) is 12.3 Å². The van der Waals surface area contributed by atoms with Gasteiger partial charge in [0.15, 0.2) is 0 Å². The molecule has 0 bridgehead atoms. The van der Waals surface area contributed by atoms with Gasteiger partial charge in [-0.2, -0.15) is 0 Å². The molecule has 2 rings (SSSR count). The highest BCUT2D eigenvalue weighted by atomic mass is 79.9. The van der Waals surface area contributed by atoms with E-state index >= 15 is 0 Å². The van der Waals surface area contributed by atoms with Gasteiger partial charge in [0.25, 0.3) is 0 Å². The Morgan fingerprint density at radius 1 is 1.14 bits per heavy atom. The standard InChI is InChI=1S/C16H16BrF2NS/c1-2-20-16(14-8-5-12(18)9-15(14)19)10-21-13-6-3-11(17)4-7-13/h3-9,16,20H,2,10H2,1H3. The third-order valence-electron chi connectivity index (χ3n) is 3.02. The van der Waals surface area contributed by atoms with E-state index in [1.807, 2.05) is 31.2 Å². The first-order chi connectivity index (χ1) is 10.1. The van der Waals surface area contributed by atoms with Crippen molar-refractivity contribution in [3.05, 3.63) is 64.1 Å². The molecule has 0 radical (unpaired) electrons. The number of thioether (sulfide) groups is 1. The number of rotatable bonds is 6. The minimum Gasteiger partial charge on any atom is -0.309 e. The molecule has 0 fully saturated rings. The topological polar surface area (TPSA) is 12.0 Å². The van der Waals surface area contributed by atoms with Crippen LogP contribution in [0.5, 0.6) is 0 Å². The average molecular weight is 372 g/mol. The fraction of sp³-hybridized carbons (Fsp3) is 0.250. The Morgan fingerprint density at radius 2 is 1.86 bits per heavy atom. The molecular formula is C16H16BrF2NS. The van der Waals surface area contributed by atoms with E-state index in [4.69, 9.17) is 0 Å². The Labute approximate surface area is 136 Å². The maximum atomic E-state index is 13.9. The zero-order valence-corrected chi connectivity index (χ0v) is 14.0. The third-order valence-corrected chi connectivity index (χ3v) is 4.65. The van der Waals surface area contributed by atoms with Crippen molar-refractivity contribution in [2.45, 2.75) is 17.9 Å². The van der Waals surface area contributed by atoms with Gasteiger partial charge >= 0.3 is 0 Å². The van der Waals surface area contributed by atoms with Gasteiger partial charge < -0.3 is 5.32 Å². The molecule has 21 heavy (non-hydrogen) atoms. The lowest BCUT2D eigenvalue weighted by molar-refractivity contribution is 0.531. The summed E-state index contributed by atoms with van der Waals surface area (Å²) in [5.41, 5.74) is 0.503. The van der Waals surface area contributed by atoms with Crippen LogP contribution in [0.2, 0.25) is 0 Å². The first-order valence-electron chi connectivity index (χ1n) is 6.67. The number of benzene rings is 2. The van der Waals surface area contributed by atoms with Crippen LogP contribution in [0.25, 0.3) is 0 Å². The van der Waals surface area contributed by atoms with Crippen molar-refractivity contribution >= 4 is 27.7 Å². The normalized spacial score (nSPS) is 12.4. The molecule has 112 valence electrons. The van der Waals surface area contributed by atoms with Gasteiger partial charge in [0, 0.05) is 32.8 Å². The second-order valence-corrected chi connectivity index (χ2v) is 6.55. The SMILES string of the molecule is CCNC(CSc1ccc(Br)cc1)c1ccc(F)cc1F. The van der Waals surface area contributed by atoms with Crippen LogP contribution >= 0.6 is 27.7 Å². The second-order valence-electron chi connectivity index (χ2n) is 4.54. The predicted octanol–water partition coefficient (Wildman–Crippen LogP) is 5.17. The van der Waals surface area contributed by atoms with Gasteiger partial charge in [-0.25, -0.2) is 8.78 Å². The van der Waals surface area contributed by atoms with Crippen molar-refractivity contribution in [1.29, 1.82) is 0 Å². The molecule has 0 aromatic heterocycles. The molecule has 5 heteroatoms. The Hall–Kier alpha value is -0.910. The van der Waals surface area contributed by atoms with Gasteiger partial charge in [-0.1, -0.05) is 28.9 Å². The maximum absolute atomic E-state index is 13.9. The quantitative estimate of drug-likeness (QED) is 0.702. The first-order valence-corrected chi connectivity index (χ1v) is 8.44. The van der Waals surface area contributed by atoms with Crippen LogP contribution in [0.15, 0.2) is 51.8 Å². The summed E-state index contributed by atoms with van der Waals surface area (Å²) in [6.45, 7) is 2.70. The molecule has 1 unspecified atom stereocenters. The number of hydrogen-bond donors (Lipinski definition) is 1.